The molecule has 0 radical (unpaired) electrons. The number of sulfonamides is 1. The zero-order chi connectivity index (χ0) is 21.6. The van der Waals surface area contributed by atoms with E-state index >= 15 is 0 Å². The largest absolute Gasteiger partial charge is 0.453 e. The molecule has 1 heterocycles. The number of amides is 1. The molecule has 0 unspecified atom stereocenters. The maximum Gasteiger partial charge on any atom is 0.321 e. The summed E-state index contributed by atoms with van der Waals surface area (Å²) < 4.78 is 31.2. The van der Waals surface area contributed by atoms with Gasteiger partial charge >= 0.3 is 5.97 Å². The molecule has 0 saturated heterocycles. The summed E-state index contributed by atoms with van der Waals surface area (Å²) >= 11 is 1.02. The monoisotopic (exact) mass is 438 g/mol. The Bertz CT molecular complexity index is 967. The number of Topliss-reactive ketones (excluding diaryl/α,β-unsaturated/α-hetero) is 1. The molecule has 0 aliphatic rings. The van der Waals surface area contributed by atoms with Gasteiger partial charge in [0.1, 0.15) is 10.8 Å². The Morgan fingerprint density at radius 2 is 1.72 bits per heavy atom. The third-order valence-corrected chi connectivity index (χ3v) is 6.60. The molecule has 156 valence electrons. The van der Waals surface area contributed by atoms with Crippen molar-refractivity contribution >= 4 is 44.7 Å². The van der Waals surface area contributed by atoms with Crippen molar-refractivity contribution in [3.05, 3.63) is 47.3 Å². The van der Waals surface area contributed by atoms with Gasteiger partial charge in [-0.05, 0) is 42.6 Å². The van der Waals surface area contributed by atoms with E-state index in [1.54, 1.807) is 37.4 Å². The number of ether oxygens (including phenoxy) is 1. The summed E-state index contributed by atoms with van der Waals surface area (Å²) in [5.74, 6) is -1.63. The number of esters is 1. The first-order chi connectivity index (χ1) is 13.6. The zero-order valence-electron chi connectivity index (χ0n) is 16.2. The number of ketones is 1. The fourth-order valence-electron chi connectivity index (χ4n) is 2.17. The van der Waals surface area contributed by atoms with Crippen molar-refractivity contribution < 1.29 is 27.5 Å². The topological polar surface area (TPSA) is 119 Å². The minimum Gasteiger partial charge on any atom is -0.453 e. The smallest absolute Gasteiger partial charge is 0.321 e. The van der Waals surface area contributed by atoms with Crippen molar-refractivity contribution in [1.29, 1.82) is 0 Å². The van der Waals surface area contributed by atoms with Gasteiger partial charge in [-0.3, -0.25) is 14.4 Å². The van der Waals surface area contributed by atoms with Gasteiger partial charge in [0, 0.05) is 17.2 Å². The molecule has 10 heteroatoms. The van der Waals surface area contributed by atoms with Crippen LogP contribution in [0.3, 0.4) is 0 Å². The van der Waals surface area contributed by atoms with Crippen LogP contribution in [0.25, 0.3) is 0 Å². The van der Waals surface area contributed by atoms with E-state index in [4.69, 9.17) is 4.74 Å². The molecule has 0 saturated carbocycles. The fraction of sp³-hybridized carbons (Fsp3) is 0.316. The van der Waals surface area contributed by atoms with E-state index in [-0.39, 0.29) is 16.0 Å². The average Bonchev–Trinajstić information content (AvgIpc) is 3.22. The van der Waals surface area contributed by atoms with Crippen LogP contribution in [0.4, 0.5) is 5.69 Å². The summed E-state index contributed by atoms with van der Waals surface area (Å²) in [6.45, 7) is 4.36. The highest BCUT2D eigenvalue weighted by Gasteiger charge is 2.22. The first kappa shape index (κ1) is 22.7. The second kappa shape index (κ2) is 9.77. The first-order valence-corrected chi connectivity index (χ1v) is 11.1. The SMILES string of the molecule is CC(C)C(=O)Nc1ccc(C(=O)[C@@H](C)OC(=O)CNS(=O)(=O)c2cccs2)cc1. The van der Waals surface area contributed by atoms with Crippen molar-refractivity contribution in [1.82, 2.24) is 4.72 Å². The summed E-state index contributed by atoms with van der Waals surface area (Å²) in [5.41, 5.74) is 0.847. The molecular weight excluding hydrogens is 416 g/mol. The van der Waals surface area contributed by atoms with Gasteiger partial charge in [0.25, 0.3) is 10.0 Å². The second-order valence-corrected chi connectivity index (χ2v) is 9.42. The molecular formula is C19H22N2O6S2. The van der Waals surface area contributed by atoms with Gasteiger partial charge in [-0.15, -0.1) is 11.3 Å². The molecule has 1 aromatic carbocycles. The Hall–Kier alpha value is -2.56. The summed E-state index contributed by atoms with van der Waals surface area (Å²) in [6.07, 6.45) is -1.09. The van der Waals surface area contributed by atoms with Crippen molar-refractivity contribution in [2.24, 2.45) is 5.92 Å². The molecule has 0 fully saturated rings. The Labute approximate surface area is 173 Å². The molecule has 2 N–H and O–H groups in total. The van der Waals surface area contributed by atoms with E-state index in [1.165, 1.54) is 25.1 Å². The fourth-order valence-corrected chi connectivity index (χ4v) is 4.18. The molecule has 0 bridgehead atoms. The standard InChI is InChI=1S/C19H22N2O6S2/c1-12(2)19(24)21-15-8-6-14(7-9-15)18(23)13(3)27-16(22)11-20-29(25,26)17-5-4-10-28-17/h4-10,12-13,20H,11H2,1-3H3,(H,21,24)/t13-/m1/s1. The van der Waals surface area contributed by atoms with Gasteiger partial charge in [-0.2, -0.15) is 4.72 Å². The van der Waals surface area contributed by atoms with E-state index < -0.39 is 34.4 Å². The number of hydrogen-bond acceptors (Lipinski definition) is 7. The van der Waals surface area contributed by atoms with Crippen LogP contribution in [0.1, 0.15) is 31.1 Å². The minimum absolute atomic E-state index is 0.0825. The average molecular weight is 439 g/mol. The van der Waals surface area contributed by atoms with Crippen molar-refractivity contribution in [3.63, 3.8) is 0 Å². The van der Waals surface area contributed by atoms with Gasteiger partial charge in [0.15, 0.2) is 6.10 Å². The van der Waals surface area contributed by atoms with E-state index in [0.29, 0.717) is 11.3 Å². The molecule has 0 aliphatic carbocycles. The number of benzene rings is 1. The molecule has 1 atom stereocenters. The Morgan fingerprint density at radius 3 is 2.28 bits per heavy atom. The predicted molar refractivity (Wildman–Crippen MR) is 109 cm³/mol. The number of hydrogen-bond donors (Lipinski definition) is 2. The van der Waals surface area contributed by atoms with Crippen molar-refractivity contribution in [3.8, 4) is 0 Å². The zero-order valence-corrected chi connectivity index (χ0v) is 17.8. The predicted octanol–water partition coefficient (Wildman–Crippen LogP) is 2.44. The van der Waals surface area contributed by atoms with E-state index in [2.05, 4.69) is 10.0 Å². The third-order valence-electron chi connectivity index (χ3n) is 3.81. The summed E-state index contributed by atoms with van der Waals surface area (Å²) in [6, 6.07) is 9.19. The highest BCUT2D eigenvalue weighted by atomic mass is 32.2. The molecule has 1 amide bonds. The van der Waals surface area contributed by atoms with Crippen LogP contribution in [-0.4, -0.2) is 38.7 Å². The molecule has 0 aliphatic heterocycles. The van der Waals surface area contributed by atoms with Crippen LogP contribution in [-0.2, 0) is 24.3 Å². The quantitative estimate of drug-likeness (QED) is 0.458. The number of nitrogens with one attached hydrogen (secondary N) is 2. The molecule has 2 aromatic rings. The van der Waals surface area contributed by atoms with Gasteiger partial charge in [-0.25, -0.2) is 8.42 Å². The number of carbonyl (C=O) groups excluding carboxylic acids is 3. The van der Waals surface area contributed by atoms with Crippen molar-refractivity contribution in [2.75, 3.05) is 11.9 Å². The summed E-state index contributed by atoms with van der Waals surface area (Å²) in [5, 5.41) is 4.32. The molecule has 8 nitrogen and oxygen atoms in total. The molecule has 29 heavy (non-hydrogen) atoms. The van der Waals surface area contributed by atoms with E-state index in [0.717, 1.165) is 11.3 Å². The van der Waals surface area contributed by atoms with Gasteiger partial charge < -0.3 is 10.1 Å². The maximum atomic E-state index is 12.4. The number of rotatable bonds is 9. The van der Waals surface area contributed by atoms with Crippen LogP contribution >= 0.6 is 11.3 Å². The van der Waals surface area contributed by atoms with Gasteiger partial charge in [0.05, 0.1) is 0 Å². The lowest BCUT2D eigenvalue weighted by molar-refractivity contribution is -0.144. The minimum atomic E-state index is -3.79. The van der Waals surface area contributed by atoms with Crippen LogP contribution in [0.5, 0.6) is 0 Å². The van der Waals surface area contributed by atoms with Gasteiger partial charge in [-0.1, -0.05) is 19.9 Å². The highest BCUT2D eigenvalue weighted by Crippen LogP contribution is 2.16. The lowest BCUT2D eigenvalue weighted by Crippen LogP contribution is -2.33. The number of carbonyl (C=O) groups is 3. The first-order valence-electron chi connectivity index (χ1n) is 8.78. The Morgan fingerprint density at radius 1 is 1.07 bits per heavy atom. The lowest BCUT2D eigenvalue weighted by Gasteiger charge is -2.13. The summed E-state index contributed by atoms with van der Waals surface area (Å²) in [4.78, 5) is 36.0. The lowest BCUT2D eigenvalue weighted by atomic mass is 10.1. The second-order valence-electron chi connectivity index (χ2n) is 6.47. The van der Waals surface area contributed by atoms with E-state index in [9.17, 15) is 22.8 Å². The summed E-state index contributed by atoms with van der Waals surface area (Å²) in [7, 11) is -3.79. The van der Waals surface area contributed by atoms with Gasteiger partial charge in [0.2, 0.25) is 11.7 Å². The molecule has 2 rings (SSSR count). The maximum absolute atomic E-state index is 12.4. The highest BCUT2D eigenvalue weighted by molar-refractivity contribution is 7.91. The Balaban J connectivity index is 1.89. The van der Waals surface area contributed by atoms with E-state index in [1.807, 2.05) is 0 Å². The Kier molecular flexibility index (Phi) is 7.66. The van der Waals surface area contributed by atoms with Crippen LogP contribution in [0.15, 0.2) is 46.0 Å². The van der Waals surface area contributed by atoms with Crippen LogP contribution in [0.2, 0.25) is 0 Å². The van der Waals surface area contributed by atoms with Crippen LogP contribution < -0.4 is 10.0 Å². The molecule has 0 spiro atoms. The third kappa shape index (κ3) is 6.48. The number of anilines is 1. The van der Waals surface area contributed by atoms with Crippen molar-refractivity contribution in [2.45, 2.75) is 31.1 Å². The number of thiophene rings is 1. The molecule has 1 aromatic heterocycles. The normalized spacial score (nSPS) is 12.4. The van der Waals surface area contributed by atoms with Crippen LogP contribution in [0, 0.1) is 5.92 Å².